The van der Waals surface area contributed by atoms with Crippen molar-refractivity contribution in [2.24, 2.45) is 0 Å². The van der Waals surface area contributed by atoms with E-state index in [4.69, 9.17) is 15.5 Å². The number of imidazole rings is 1. The second kappa shape index (κ2) is 10.0. The van der Waals surface area contributed by atoms with Crippen LogP contribution in [0, 0.1) is 13.8 Å². The summed E-state index contributed by atoms with van der Waals surface area (Å²) in [4.78, 5) is 25.0. The van der Waals surface area contributed by atoms with Crippen LogP contribution in [0.2, 0.25) is 0 Å². The van der Waals surface area contributed by atoms with Crippen LogP contribution in [0.4, 0.5) is 16.3 Å². The molecule has 0 bridgehead atoms. The second-order valence-corrected chi connectivity index (χ2v) is 7.07. The number of amides is 2. The summed E-state index contributed by atoms with van der Waals surface area (Å²) >= 11 is 0. The van der Waals surface area contributed by atoms with Gasteiger partial charge in [0.25, 0.3) is 0 Å². The molecule has 0 spiro atoms. The molecule has 3 aromatic heterocycles. The highest BCUT2D eigenvalue weighted by atomic mass is 16.5. The molecule has 0 atom stereocenters. The molecule has 0 aliphatic carbocycles. The number of nitrogens with one attached hydrogen (secondary N) is 2. The first-order chi connectivity index (χ1) is 14.5. The number of ether oxygens (including phenoxy) is 1. The van der Waals surface area contributed by atoms with Crippen molar-refractivity contribution in [1.82, 2.24) is 24.8 Å². The standard InChI is InChI=1S/C21H29N7O2/c1-4-6-17-27-18-19(14(2)15(3)25-20(18)22)28(17)10-12-30-11-9-24-21(29)26-16-7-5-8-23-13-16/h5,7-8,13H,4,6,9-12H2,1-3H3,(H2,22,25)(H2,24,26,29). The average Bonchev–Trinajstić information content (AvgIpc) is 3.09. The molecule has 0 aromatic carbocycles. The van der Waals surface area contributed by atoms with Crippen molar-refractivity contribution < 1.29 is 9.53 Å². The lowest BCUT2D eigenvalue weighted by Gasteiger charge is -2.12. The summed E-state index contributed by atoms with van der Waals surface area (Å²) < 4.78 is 7.92. The number of fused-ring (bicyclic) bond motifs is 1. The Bertz CT molecular complexity index is 1000. The van der Waals surface area contributed by atoms with Crippen LogP contribution in [0.1, 0.15) is 30.4 Å². The van der Waals surface area contributed by atoms with Gasteiger partial charge in [0.2, 0.25) is 0 Å². The molecule has 3 aromatic rings. The van der Waals surface area contributed by atoms with Gasteiger partial charge in [-0.2, -0.15) is 0 Å². The number of hydrogen-bond acceptors (Lipinski definition) is 6. The van der Waals surface area contributed by atoms with Crippen molar-refractivity contribution in [2.45, 2.75) is 40.2 Å². The van der Waals surface area contributed by atoms with Gasteiger partial charge in [-0.15, -0.1) is 0 Å². The summed E-state index contributed by atoms with van der Waals surface area (Å²) in [5.74, 6) is 1.46. The molecule has 0 radical (unpaired) electrons. The fourth-order valence-electron chi connectivity index (χ4n) is 3.31. The van der Waals surface area contributed by atoms with E-state index in [0.29, 0.717) is 37.8 Å². The Morgan fingerprint density at radius 1 is 1.27 bits per heavy atom. The first kappa shape index (κ1) is 21.5. The highest BCUT2D eigenvalue weighted by Crippen LogP contribution is 2.26. The molecule has 160 valence electrons. The van der Waals surface area contributed by atoms with Crippen LogP contribution in [0.5, 0.6) is 0 Å². The Labute approximate surface area is 176 Å². The average molecular weight is 412 g/mol. The maximum absolute atomic E-state index is 11.9. The van der Waals surface area contributed by atoms with Gasteiger partial charge in [0.15, 0.2) is 5.82 Å². The van der Waals surface area contributed by atoms with E-state index in [1.54, 1.807) is 24.5 Å². The second-order valence-electron chi connectivity index (χ2n) is 7.07. The van der Waals surface area contributed by atoms with E-state index in [1.807, 2.05) is 13.8 Å². The van der Waals surface area contributed by atoms with Crippen LogP contribution < -0.4 is 16.4 Å². The molecule has 0 saturated carbocycles. The summed E-state index contributed by atoms with van der Waals surface area (Å²) in [6, 6.07) is 3.25. The van der Waals surface area contributed by atoms with Gasteiger partial charge in [-0.05, 0) is 38.0 Å². The largest absolute Gasteiger partial charge is 0.382 e. The minimum Gasteiger partial charge on any atom is -0.382 e. The third-order valence-corrected chi connectivity index (χ3v) is 4.86. The zero-order chi connectivity index (χ0) is 21.5. The smallest absolute Gasteiger partial charge is 0.319 e. The van der Waals surface area contributed by atoms with Gasteiger partial charge in [0.1, 0.15) is 11.3 Å². The number of pyridine rings is 2. The third-order valence-electron chi connectivity index (χ3n) is 4.86. The van der Waals surface area contributed by atoms with E-state index in [-0.39, 0.29) is 6.03 Å². The summed E-state index contributed by atoms with van der Waals surface area (Å²) in [5, 5.41) is 5.48. The number of rotatable bonds is 9. The van der Waals surface area contributed by atoms with Gasteiger partial charge in [-0.3, -0.25) is 4.98 Å². The summed E-state index contributed by atoms with van der Waals surface area (Å²) in [6.45, 7) is 8.13. The van der Waals surface area contributed by atoms with Crippen LogP contribution in [0.15, 0.2) is 24.5 Å². The van der Waals surface area contributed by atoms with E-state index in [1.165, 1.54) is 0 Å². The van der Waals surface area contributed by atoms with Crippen LogP contribution in [-0.4, -0.2) is 45.3 Å². The Morgan fingerprint density at radius 3 is 2.83 bits per heavy atom. The highest BCUT2D eigenvalue weighted by Gasteiger charge is 2.17. The van der Waals surface area contributed by atoms with Gasteiger partial charge < -0.3 is 25.7 Å². The number of aryl methyl sites for hydroxylation is 3. The Hall–Kier alpha value is -3.20. The monoisotopic (exact) mass is 411 g/mol. The van der Waals surface area contributed by atoms with Crippen molar-refractivity contribution in [3.8, 4) is 0 Å². The SMILES string of the molecule is CCCc1nc2c(N)nc(C)c(C)c2n1CCOCCNC(=O)Nc1cccnc1. The van der Waals surface area contributed by atoms with Crippen LogP contribution in [0.25, 0.3) is 11.0 Å². The highest BCUT2D eigenvalue weighted by molar-refractivity contribution is 5.89. The number of hydrogen-bond donors (Lipinski definition) is 3. The molecule has 0 aliphatic heterocycles. The maximum Gasteiger partial charge on any atom is 0.319 e. The molecule has 30 heavy (non-hydrogen) atoms. The zero-order valence-electron chi connectivity index (χ0n) is 17.7. The van der Waals surface area contributed by atoms with Gasteiger partial charge >= 0.3 is 6.03 Å². The first-order valence-electron chi connectivity index (χ1n) is 10.2. The van der Waals surface area contributed by atoms with Crippen molar-refractivity contribution in [2.75, 3.05) is 30.8 Å². The lowest BCUT2D eigenvalue weighted by Crippen LogP contribution is -2.31. The molecule has 0 aliphatic rings. The van der Waals surface area contributed by atoms with Crippen LogP contribution in [0.3, 0.4) is 0 Å². The molecule has 0 saturated heterocycles. The van der Waals surface area contributed by atoms with Gasteiger partial charge in [-0.1, -0.05) is 6.92 Å². The maximum atomic E-state index is 11.9. The molecule has 2 amide bonds. The molecule has 0 fully saturated rings. The predicted octanol–water partition coefficient (Wildman–Crippen LogP) is 2.82. The van der Waals surface area contributed by atoms with E-state index in [0.717, 1.165) is 41.0 Å². The minimum absolute atomic E-state index is 0.286. The number of carbonyl (C=O) groups is 1. The van der Waals surface area contributed by atoms with Crippen LogP contribution >= 0.6 is 0 Å². The van der Waals surface area contributed by atoms with E-state index in [9.17, 15) is 4.79 Å². The molecule has 0 unspecified atom stereocenters. The van der Waals surface area contributed by atoms with Gasteiger partial charge in [-0.25, -0.2) is 14.8 Å². The topological polar surface area (TPSA) is 120 Å². The Morgan fingerprint density at radius 2 is 2.10 bits per heavy atom. The molecule has 9 nitrogen and oxygen atoms in total. The molecular weight excluding hydrogens is 382 g/mol. The van der Waals surface area contributed by atoms with Crippen LogP contribution in [-0.2, 0) is 17.7 Å². The van der Waals surface area contributed by atoms with Crippen molar-refractivity contribution >= 4 is 28.6 Å². The summed E-state index contributed by atoms with van der Waals surface area (Å²) in [5.41, 5.74) is 10.5. The van der Waals surface area contributed by atoms with E-state index >= 15 is 0 Å². The molecule has 3 heterocycles. The van der Waals surface area contributed by atoms with E-state index < -0.39 is 0 Å². The van der Waals surface area contributed by atoms with Gasteiger partial charge in [0, 0.05) is 31.4 Å². The zero-order valence-corrected chi connectivity index (χ0v) is 17.7. The predicted molar refractivity (Wildman–Crippen MR) is 117 cm³/mol. The number of aromatic nitrogens is 4. The van der Waals surface area contributed by atoms with Crippen molar-refractivity contribution in [3.63, 3.8) is 0 Å². The quantitative estimate of drug-likeness (QED) is 0.466. The number of nitrogens with zero attached hydrogens (tertiary/aromatic N) is 4. The number of anilines is 2. The van der Waals surface area contributed by atoms with Crippen molar-refractivity contribution in [3.05, 3.63) is 41.6 Å². The fraction of sp³-hybridized carbons (Fsp3) is 0.429. The lowest BCUT2D eigenvalue weighted by atomic mass is 10.2. The summed E-state index contributed by atoms with van der Waals surface area (Å²) in [7, 11) is 0. The molecule has 9 heteroatoms. The van der Waals surface area contributed by atoms with Crippen molar-refractivity contribution in [1.29, 1.82) is 0 Å². The normalized spacial score (nSPS) is 11.0. The van der Waals surface area contributed by atoms with E-state index in [2.05, 4.69) is 32.1 Å². The molecular formula is C21H29N7O2. The number of urea groups is 1. The number of nitrogens with two attached hydrogens (primary N) is 1. The summed E-state index contributed by atoms with van der Waals surface area (Å²) in [6.07, 6.45) is 5.10. The fourth-order valence-corrected chi connectivity index (χ4v) is 3.31. The Kier molecular flexibility index (Phi) is 7.18. The lowest BCUT2D eigenvalue weighted by molar-refractivity contribution is 0.129. The first-order valence-corrected chi connectivity index (χ1v) is 10.2. The molecule has 3 rings (SSSR count). The number of nitrogen functional groups attached to an aromatic ring is 1. The Balaban J connectivity index is 1.53. The number of carbonyl (C=O) groups excluding carboxylic acids is 1. The minimum atomic E-state index is -0.286. The molecule has 4 N–H and O–H groups in total. The van der Waals surface area contributed by atoms with Gasteiger partial charge in [0.05, 0.1) is 30.6 Å². The third kappa shape index (κ3) is 5.04.